The van der Waals surface area contributed by atoms with Gasteiger partial charge in [-0.05, 0) is 175 Å². The Morgan fingerprint density at radius 2 is 1.66 bits per heavy atom. The number of nitrogens with zero attached hydrogens (tertiary/aromatic N) is 8. The van der Waals surface area contributed by atoms with Gasteiger partial charge in [0.1, 0.15) is 36.4 Å². The van der Waals surface area contributed by atoms with Crippen molar-refractivity contribution >= 4 is 56.1 Å². The second-order valence-corrected chi connectivity index (χ2v) is 27.2. The molecule has 468 valence electrons. The van der Waals surface area contributed by atoms with Crippen LogP contribution in [0.25, 0.3) is 44.0 Å². The molecule has 17 heteroatoms. The minimum atomic E-state index is -0.923. The summed E-state index contributed by atoms with van der Waals surface area (Å²) < 4.78 is 31.5. The number of carbonyl (C=O) groups excluding carboxylic acids is 3. The van der Waals surface area contributed by atoms with Crippen molar-refractivity contribution < 1.29 is 38.5 Å². The molecule has 16 nitrogen and oxygen atoms in total. The number of esters is 1. The average molecular weight is 1200 g/mol. The highest BCUT2D eigenvalue weighted by Crippen LogP contribution is 2.45. The number of β-amino-alcohol motifs (C(OH)–C–C–N with tert-alkyl or cyclic N) is 1. The Hall–Kier alpha value is -6.74. The third-order valence-electron chi connectivity index (χ3n) is 21.4. The van der Waals surface area contributed by atoms with Crippen molar-refractivity contribution in [3.05, 3.63) is 81.7 Å². The Labute approximate surface area is 516 Å². The van der Waals surface area contributed by atoms with Crippen LogP contribution in [0.5, 0.6) is 11.8 Å². The van der Waals surface area contributed by atoms with Crippen molar-refractivity contribution in [3.8, 4) is 35.4 Å². The van der Waals surface area contributed by atoms with E-state index in [-0.39, 0.29) is 64.5 Å². The molecule has 0 radical (unpaired) electrons. The number of aryl methyl sites for hydroxylation is 2. The minimum absolute atomic E-state index is 0.00123. The molecule has 2 N–H and O–H groups in total. The lowest BCUT2D eigenvalue weighted by Crippen LogP contribution is -2.48. The van der Waals surface area contributed by atoms with Crippen molar-refractivity contribution in [3.63, 3.8) is 0 Å². The van der Waals surface area contributed by atoms with Crippen LogP contribution in [-0.2, 0) is 32.6 Å². The Balaban J connectivity index is 0.634. The number of ketones is 2. The summed E-state index contributed by atoms with van der Waals surface area (Å²) in [7, 11) is 1.80. The molecule has 4 unspecified atom stereocenters. The summed E-state index contributed by atoms with van der Waals surface area (Å²) in [6, 6.07) is 12.1. The van der Waals surface area contributed by atoms with Gasteiger partial charge < -0.3 is 29.5 Å². The van der Waals surface area contributed by atoms with Crippen LogP contribution in [0, 0.1) is 35.9 Å². The fourth-order valence-corrected chi connectivity index (χ4v) is 16.6. The average Bonchev–Trinajstić information content (AvgIpc) is 1.53. The Morgan fingerprint density at radius 1 is 0.875 bits per heavy atom. The molecule has 12 rings (SSSR count). The zero-order valence-electron chi connectivity index (χ0n) is 52.2. The maximum absolute atomic E-state index is 15.3. The molecule has 6 aliphatic rings. The molecule has 88 heavy (non-hydrogen) atoms. The summed E-state index contributed by atoms with van der Waals surface area (Å²) >= 11 is 0. The maximum Gasteiger partial charge on any atom is 0.329 e. The molecule has 0 amide bonds. The second-order valence-electron chi connectivity index (χ2n) is 27.2. The van der Waals surface area contributed by atoms with E-state index in [0.29, 0.717) is 121 Å². The first-order chi connectivity index (χ1) is 42.5. The van der Waals surface area contributed by atoms with Gasteiger partial charge in [-0.3, -0.25) is 33.4 Å². The molecule has 6 fully saturated rings. The highest BCUT2D eigenvalue weighted by Gasteiger charge is 2.50. The predicted octanol–water partition coefficient (Wildman–Crippen LogP) is 11.7. The Morgan fingerprint density at radius 3 is 2.44 bits per heavy atom. The molecule has 7 heterocycles. The van der Waals surface area contributed by atoms with Crippen LogP contribution >= 0.6 is 0 Å². The summed E-state index contributed by atoms with van der Waals surface area (Å²) in [6.45, 7) is 11.7. The number of terminal acetylenes is 1. The highest BCUT2D eigenvalue weighted by molar-refractivity contribution is 6.04. The number of benzene rings is 3. The van der Waals surface area contributed by atoms with Crippen molar-refractivity contribution in [2.45, 2.75) is 191 Å². The molecule has 3 aromatic heterocycles. The van der Waals surface area contributed by atoms with Gasteiger partial charge in [0.25, 0.3) is 0 Å². The van der Waals surface area contributed by atoms with E-state index < -0.39 is 17.5 Å². The number of Topliss-reactive ketones (excluding diaryl/α,β-unsaturated/α-hetero) is 2. The number of aliphatic hydroxyl groups is 1. The first-order valence-electron chi connectivity index (χ1n) is 33.2. The quantitative estimate of drug-likeness (QED) is 0.0530. The van der Waals surface area contributed by atoms with Crippen LogP contribution in [0.4, 0.5) is 10.2 Å². The molecule has 0 spiro atoms. The van der Waals surface area contributed by atoms with E-state index in [4.69, 9.17) is 30.8 Å². The monoisotopic (exact) mass is 1200 g/mol. The zero-order valence-corrected chi connectivity index (χ0v) is 52.2. The number of hydrogen-bond acceptors (Lipinski definition) is 14. The predicted molar refractivity (Wildman–Crippen MR) is 340 cm³/mol. The van der Waals surface area contributed by atoms with Crippen LogP contribution in [0.1, 0.15) is 184 Å². The van der Waals surface area contributed by atoms with Crippen molar-refractivity contribution in [2.75, 3.05) is 57.4 Å². The van der Waals surface area contributed by atoms with Gasteiger partial charge in [-0.15, -0.1) is 6.42 Å². The van der Waals surface area contributed by atoms with Gasteiger partial charge in [0, 0.05) is 80.6 Å². The number of anilines is 1. The van der Waals surface area contributed by atoms with Crippen LogP contribution < -0.4 is 15.3 Å². The number of fused-ring (bicyclic) bond motifs is 4. The topological polar surface area (TPSA) is 185 Å². The Kier molecular flexibility index (Phi) is 18.2. The number of phenols is 1. The summed E-state index contributed by atoms with van der Waals surface area (Å²) in [5.41, 5.74) is 4.02. The first-order valence-corrected chi connectivity index (χ1v) is 33.2. The standard InChI is InChI=1S/C71H89FN8O8/c1-6-47-36-52(81)21-24-60(66(47)84)80-59-23-20-49(38-61(59)76(5)69(80)85)48-27-34-77(35-28-48)41-46-15-10-9-14-45(16-11-17-46)18-25-62(83)87-42-51-26-31-71(30-13-33-79(51)71)44-88-68-74-65-55(8-3)64(56-39-53(82)37-50-19-22-58(72)54(7-2)63(50)56)73-40-57(65)67(75-68)78-32-12-29-70(4,86)43-78/h2,19-20,22-23,37-40,45-48,51,60,82,86H,6,8-18,21,24-36,41-44H2,1,3-5H3/t45?,46?,47?,51-,60?,70+,71-/m0/s1. The molecule has 2 aliphatic carbocycles. The van der Waals surface area contributed by atoms with Crippen molar-refractivity contribution in [1.29, 1.82) is 0 Å². The molecule has 0 bridgehead atoms. The number of pyridine rings is 1. The molecule has 3 aromatic carbocycles. The highest BCUT2D eigenvalue weighted by atomic mass is 19.1. The largest absolute Gasteiger partial charge is 0.508 e. The number of carbonyl (C=O) groups is 3. The van der Waals surface area contributed by atoms with E-state index in [1.807, 2.05) is 26.8 Å². The van der Waals surface area contributed by atoms with Gasteiger partial charge in [-0.25, -0.2) is 9.18 Å². The number of aromatic hydroxyl groups is 1. The number of imidazole rings is 1. The van der Waals surface area contributed by atoms with Crippen molar-refractivity contribution in [2.24, 2.45) is 24.8 Å². The van der Waals surface area contributed by atoms with Crippen LogP contribution in [0.2, 0.25) is 0 Å². The summed E-state index contributed by atoms with van der Waals surface area (Å²) in [5, 5.41) is 24.0. The molecule has 6 aromatic rings. The number of halogens is 1. The molecule has 2 saturated carbocycles. The lowest BCUT2D eigenvalue weighted by atomic mass is 9.88. The number of phenolic OH excluding ortho intramolecular Hbond substituents is 1. The van der Waals surface area contributed by atoms with Gasteiger partial charge in [0.05, 0.1) is 50.4 Å². The van der Waals surface area contributed by atoms with E-state index in [2.05, 4.69) is 32.8 Å². The van der Waals surface area contributed by atoms with E-state index in [0.717, 1.165) is 107 Å². The van der Waals surface area contributed by atoms with Crippen molar-refractivity contribution in [1.82, 2.24) is 33.9 Å². The number of rotatable bonds is 16. The molecule has 4 aliphatic heterocycles. The van der Waals surface area contributed by atoms with Gasteiger partial charge in [0.15, 0.2) is 5.78 Å². The van der Waals surface area contributed by atoms with E-state index >= 15 is 4.39 Å². The maximum atomic E-state index is 15.3. The smallest absolute Gasteiger partial charge is 0.329 e. The fraction of sp³-hybridized carbons (Fsp3) is 0.592. The van der Waals surface area contributed by atoms with Crippen LogP contribution in [0.15, 0.2) is 53.5 Å². The molecule has 7 atom stereocenters. The SMILES string of the molecule is C#Cc1c(F)ccc2cc(O)cc(-c3ncc4c(N5CCC[C@@](C)(O)C5)nc(OC[C@@]56CCCN5[C@H](COC(=O)CCC5CCCCC(CN7CCC(c8ccc9c(c8)n(C)c(=O)n9C8CCC(=O)CC(CC)C8=O)CC7)CCC5)CC6)nc4c3CC)c12. The molecule has 4 saturated heterocycles. The number of likely N-dealkylation sites (tertiary alicyclic amines) is 1. The first kappa shape index (κ1) is 61.5. The van der Waals surface area contributed by atoms with Gasteiger partial charge in [-0.1, -0.05) is 64.0 Å². The number of hydrogen-bond donors (Lipinski definition) is 2. The van der Waals surface area contributed by atoms with Crippen LogP contribution in [0.3, 0.4) is 0 Å². The summed E-state index contributed by atoms with van der Waals surface area (Å²) in [6.07, 6.45) is 26.7. The molecular formula is C71H89FN8O8. The lowest BCUT2D eigenvalue weighted by Gasteiger charge is -2.38. The molecular weight excluding hydrogens is 1110 g/mol. The lowest BCUT2D eigenvalue weighted by molar-refractivity contribution is -0.145. The van der Waals surface area contributed by atoms with Crippen LogP contribution in [-0.4, -0.2) is 131 Å². The minimum Gasteiger partial charge on any atom is -0.508 e. The third kappa shape index (κ3) is 12.5. The Bertz CT molecular complexity index is 3710. The zero-order chi connectivity index (χ0) is 61.4. The second kappa shape index (κ2) is 26.0. The number of piperidine rings is 2. The summed E-state index contributed by atoms with van der Waals surface area (Å²) in [5.74, 6) is 3.90. The normalized spacial score (nSPS) is 26.2. The van der Waals surface area contributed by atoms with Gasteiger partial charge in [-0.2, -0.15) is 9.97 Å². The number of aromatic nitrogens is 5. The number of ether oxygens (including phenoxy) is 2. The van der Waals surface area contributed by atoms with Gasteiger partial charge in [0.2, 0.25) is 0 Å². The van der Waals surface area contributed by atoms with E-state index in [1.165, 1.54) is 43.7 Å². The van der Waals surface area contributed by atoms with E-state index in [1.54, 1.807) is 40.6 Å². The summed E-state index contributed by atoms with van der Waals surface area (Å²) in [4.78, 5) is 75.8. The third-order valence-corrected chi connectivity index (χ3v) is 21.4. The van der Waals surface area contributed by atoms with E-state index in [9.17, 15) is 29.4 Å². The van der Waals surface area contributed by atoms with Gasteiger partial charge >= 0.3 is 17.7 Å². The fourth-order valence-electron chi connectivity index (χ4n) is 16.6.